The largest absolute Gasteiger partial charge is 0.341 e. The molecule has 0 aromatic carbocycles. The minimum Gasteiger partial charge on any atom is -0.341 e. The Morgan fingerprint density at radius 2 is 1.75 bits per heavy atom. The van der Waals surface area contributed by atoms with Crippen molar-refractivity contribution in [1.29, 1.82) is 0 Å². The Hall–Kier alpha value is -1.10. The van der Waals surface area contributed by atoms with E-state index in [4.69, 9.17) is 5.73 Å². The fraction of sp³-hybridized carbons (Fsp3) is 0.867. The Balaban J connectivity index is 1.96. The number of hydrogen-bond donors (Lipinski definition) is 1. The third-order valence-corrected chi connectivity index (χ3v) is 4.24. The fourth-order valence-corrected chi connectivity index (χ4v) is 3.08. The molecule has 5 heteroatoms. The second-order valence-electron chi connectivity index (χ2n) is 7.17. The molecule has 114 valence electrons. The Morgan fingerprint density at radius 3 is 2.30 bits per heavy atom. The molecule has 1 unspecified atom stereocenters. The van der Waals surface area contributed by atoms with Gasteiger partial charge in [-0.3, -0.25) is 9.59 Å². The van der Waals surface area contributed by atoms with Gasteiger partial charge in [-0.05, 0) is 19.3 Å². The quantitative estimate of drug-likeness (QED) is 0.774. The van der Waals surface area contributed by atoms with Crippen molar-refractivity contribution in [3.8, 4) is 0 Å². The lowest BCUT2D eigenvalue weighted by molar-refractivity contribution is -0.145. The lowest BCUT2D eigenvalue weighted by atomic mass is 9.90. The highest BCUT2D eigenvalue weighted by atomic mass is 16.2. The average molecular weight is 281 g/mol. The molecule has 5 nitrogen and oxygen atoms in total. The average Bonchev–Trinajstić information content (AvgIpc) is 2.82. The topological polar surface area (TPSA) is 66.6 Å². The molecule has 0 aromatic heterocycles. The van der Waals surface area contributed by atoms with Gasteiger partial charge in [-0.25, -0.2) is 0 Å². The molecule has 2 amide bonds. The summed E-state index contributed by atoms with van der Waals surface area (Å²) in [7, 11) is 0. The van der Waals surface area contributed by atoms with Gasteiger partial charge >= 0.3 is 0 Å². The van der Waals surface area contributed by atoms with E-state index in [0.717, 1.165) is 32.4 Å². The first-order valence-electron chi connectivity index (χ1n) is 7.63. The van der Waals surface area contributed by atoms with Crippen LogP contribution in [0.25, 0.3) is 0 Å². The van der Waals surface area contributed by atoms with Crippen molar-refractivity contribution in [1.82, 2.24) is 9.80 Å². The van der Waals surface area contributed by atoms with Gasteiger partial charge in [-0.2, -0.15) is 0 Å². The van der Waals surface area contributed by atoms with Crippen molar-refractivity contribution in [2.24, 2.45) is 17.1 Å². The summed E-state index contributed by atoms with van der Waals surface area (Å²) >= 11 is 0. The van der Waals surface area contributed by atoms with Crippen molar-refractivity contribution < 1.29 is 9.59 Å². The highest BCUT2D eigenvalue weighted by molar-refractivity contribution is 5.84. The summed E-state index contributed by atoms with van der Waals surface area (Å²) in [6.45, 7) is 8.58. The van der Waals surface area contributed by atoms with E-state index in [1.54, 1.807) is 0 Å². The van der Waals surface area contributed by atoms with Crippen LogP contribution in [0, 0.1) is 11.3 Å². The van der Waals surface area contributed by atoms with E-state index >= 15 is 0 Å². The second kappa shape index (κ2) is 5.72. The molecule has 0 radical (unpaired) electrons. The van der Waals surface area contributed by atoms with Gasteiger partial charge in [0, 0.05) is 37.6 Å². The summed E-state index contributed by atoms with van der Waals surface area (Å²) in [5.41, 5.74) is 5.49. The fourth-order valence-electron chi connectivity index (χ4n) is 3.08. The van der Waals surface area contributed by atoms with Crippen LogP contribution in [0.2, 0.25) is 0 Å². The van der Waals surface area contributed by atoms with Crippen LogP contribution in [0.1, 0.15) is 40.0 Å². The first-order chi connectivity index (χ1) is 9.29. The van der Waals surface area contributed by atoms with Crippen molar-refractivity contribution >= 4 is 11.8 Å². The molecule has 2 rings (SSSR count). The molecule has 2 aliphatic heterocycles. The Labute approximate surface area is 121 Å². The zero-order valence-corrected chi connectivity index (χ0v) is 12.9. The number of hydrogen-bond acceptors (Lipinski definition) is 3. The van der Waals surface area contributed by atoms with Gasteiger partial charge in [-0.1, -0.05) is 20.8 Å². The number of amides is 2. The number of likely N-dealkylation sites (tertiary alicyclic amines) is 2. The van der Waals surface area contributed by atoms with Gasteiger partial charge in [0.25, 0.3) is 0 Å². The van der Waals surface area contributed by atoms with E-state index in [0.29, 0.717) is 13.1 Å². The van der Waals surface area contributed by atoms with Gasteiger partial charge in [0.1, 0.15) is 0 Å². The Bertz CT molecular complexity index is 389. The smallest absolute Gasteiger partial charge is 0.227 e. The molecular formula is C15H27N3O2. The van der Waals surface area contributed by atoms with Gasteiger partial charge in [0.05, 0.1) is 5.92 Å². The zero-order valence-electron chi connectivity index (χ0n) is 12.9. The first-order valence-corrected chi connectivity index (χ1v) is 7.63. The number of carbonyl (C=O) groups is 2. The number of rotatable bonds is 1. The van der Waals surface area contributed by atoms with Crippen molar-refractivity contribution in [3.63, 3.8) is 0 Å². The van der Waals surface area contributed by atoms with Crippen LogP contribution < -0.4 is 5.73 Å². The molecule has 0 aliphatic carbocycles. The molecule has 0 saturated carbocycles. The summed E-state index contributed by atoms with van der Waals surface area (Å²) in [6.07, 6.45) is 2.69. The van der Waals surface area contributed by atoms with Crippen molar-refractivity contribution in [2.75, 3.05) is 26.2 Å². The van der Waals surface area contributed by atoms with Crippen LogP contribution >= 0.6 is 0 Å². The third-order valence-electron chi connectivity index (χ3n) is 4.24. The van der Waals surface area contributed by atoms with Gasteiger partial charge in [-0.15, -0.1) is 0 Å². The predicted molar refractivity (Wildman–Crippen MR) is 77.9 cm³/mol. The third kappa shape index (κ3) is 3.32. The van der Waals surface area contributed by atoms with Crippen LogP contribution in [-0.4, -0.2) is 53.8 Å². The van der Waals surface area contributed by atoms with Crippen LogP contribution in [0.3, 0.4) is 0 Å². The maximum atomic E-state index is 12.5. The van der Waals surface area contributed by atoms with E-state index in [1.165, 1.54) is 0 Å². The molecule has 0 bridgehead atoms. The molecule has 20 heavy (non-hydrogen) atoms. The second-order valence-corrected chi connectivity index (χ2v) is 7.17. The molecule has 0 spiro atoms. The van der Waals surface area contributed by atoms with Gasteiger partial charge in [0.2, 0.25) is 11.8 Å². The standard InChI is InChI=1S/C15H27N3O2/c1-15(2,3)14(20)18-7-4-5-11(9-18)13(19)17-8-6-12(16)10-17/h11-12H,4-10,16H2,1-3H3/t11?,12-/m1/s1. The lowest BCUT2D eigenvalue weighted by Crippen LogP contribution is -2.49. The summed E-state index contributed by atoms with van der Waals surface area (Å²) in [6, 6.07) is 0.120. The zero-order chi connectivity index (χ0) is 14.9. The molecule has 2 heterocycles. The molecule has 0 aromatic rings. The van der Waals surface area contributed by atoms with E-state index < -0.39 is 0 Å². The van der Waals surface area contributed by atoms with Crippen LogP contribution in [-0.2, 0) is 9.59 Å². The monoisotopic (exact) mass is 281 g/mol. The first kappa shape index (κ1) is 15.3. The molecule has 2 aliphatic rings. The maximum Gasteiger partial charge on any atom is 0.227 e. The summed E-state index contributed by atoms with van der Waals surface area (Å²) in [4.78, 5) is 28.6. The van der Waals surface area contributed by atoms with Crippen LogP contribution in [0.15, 0.2) is 0 Å². The summed E-state index contributed by atoms with van der Waals surface area (Å²) in [5.74, 6) is 0.290. The van der Waals surface area contributed by atoms with Crippen LogP contribution in [0.4, 0.5) is 0 Å². The SMILES string of the molecule is CC(C)(C)C(=O)N1CCCC(C(=O)N2CC[C@@H](N)C2)C1. The molecule has 2 atom stereocenters. The number of piperidine rings is 1. The number of carbonyl (C=O) groups excluding carboxylic acids is 2. The van der Waals surface area contributed by atoms with Gasteiger partial charge in [0.15, 0.2) is 0 Å². The number of nitrogens with two attached hydrogens (primary N) is 1. The molecule has 2 N–H and O–H groups in total. The van der Waals surface area contributed by atoms with Crippen molar-refractivity contribution in [2.45, 2.75) is 46.1 Å². The summed E-state index contributed by atoms with van der Waals surface area (Å²) in [5, 5.41) is 0. The van der Waals surface area contributed by atoms with E-state index in [9.17, 15) is 9.59 Å². The summed E-state index contributed by atoms with van der Waals surface area (Å²) < 4.78 is 0. The van der Waals surface area contributed by atoms with E-state index in [1.807, 2.05) is 30.6 Å². The molecule has 2 saturated heterocycles. The van der Waals surface area contributed by atoms with Crippen molar-refractivity contribution in [3.05, 3.63) is 0 Å². The number of nitrogens with zero attached hydrogens (tertiary/aromatic N) is 2. The highest BCUT2D eigenvalue weighted by Gasteiger charge is 2.36. The van der Waals surface area contributed by atoms with E-state index in [-0.39, 0.29) is 29.2 Å². The normalized spacial score (nSPS) is 27.8. The Morgan fingerprint density at radius 1 is 1.05 bits per heavy atom. The van der Waals surface area contributed by atoms with Crippen LogP contribution in [0.5, 0.6) is 0 Å². The maximum absolute atomic E-state index is 12.5. The predicted octanol–water partition coefficient (Wildman–Crippen LogP) is 0.831. The highest BCUT2D eigenvalue weighted by Crippen LogP contribution is 2.25. The Kier molecular flexibility index (Phi) is 4.37. The minimum atomic E-state index is -0.374. The van der Waals surface area contributed by atoms with E-state index in [2.05, 4.69) is 0 Å². The molecular weight excluding hydrogens is 254 g/mol. The minimum absolute atomic E-state index is 0.0413. The lowest BCUT2D eigenvalue weighted by Gasteiger charge is -2.37. The molecule has 2 fully saturated rings. The van der Waals surface area contributed by atoms with Gasteiger partial charge < -0.3 is 15.5 Å².